The normalized spacial score (nSPS) is 10.7. The van der Waals surface area contributed by atoms with Crippen molar-refractivity contribution < 1.29 is 0 Å². The minimum Gasteiger partial charge on any atom is -0.366 e. The van der Waals surface area contributed by atoms with Crippen LogP contribution in [0.4, 0.5) is 5.82 Å². The maximum absolute atomic E-state index is 12.8. The molecule has 0 unspecified atom stereocenters. The summed E-state index contributed by atoms with van der Waals surface area (Å²) in [5.41, 5.74) is 4.15. The Bertz CT molecular complexity index is 1070. The van der Waals surface area contributed by atoms with Crippen LogP contribution in [0, 0.1) is 0 Å². The molecule has 1 aromatic heterocycles. The molecule has 4 heteroatoms. The molecule has 0 atom stereocenters. The molecule has 4 aromatic rings. The summed E-state index contributed by atoms with van der Waals surface area (Å²) in [7, 11) is 0. The van der Waals surface area contributed by atoms with Gasteiger partial charge in [-0.1, -0.05) is 78.9 Å². The maximum atomic E-state index is 12.8. The van der Waals surface area contributed by atoms with Crippen molar-refractivity contribution >= 4 is 5.82 Å². The minimum absolute atomic E-state index is 0.121. The van der Waals surface area contributed by atoms with Crippen LogP contribution >= 0.6 is 0 Å². The van der Waals surface area contributed by atoms with Gasteiger partial charge >= 0.3 is 5.69 Å². The van der Waals surface area contributed by atoms with E-state index in [2.05, 4.69) is 34.6 Å². The standard InChI is InChI=1S/C24H23N3O/c28-24-26-23(25-18-20-12-6-2-7-13-20)22(17-16-19-10-4-1-5-11-19)27(24)21-14-8-3-9-15-21/h1-15,25H,16-18H2,(H,26,28). The Morgan fingerprint density at radius 1 is 0.714 bits per heavy atom. The van der Waals surface area contributed by atoms with Gasteiger partial charge in [0, 0.05) is 6.54 Å². The minimum atomic E-state index is -0.121. The fourth-order valence-corrected chi connectivity index (χ4v) is 3.40. The molecule has 0 aliphatic rings. The van der Waals surface area contributed by atoms with Gasteiger partial charge in [0.25, 0.3) is 0 Å². The van der Waals surface area contributed by atoms with Gasteiger partial charge in [-0.05, 0) is 36.1 Å². The van der Waals surface area contributed by atoms with Crippen LogP contribution in [0.25, 0.3) is 5.69 Å². The molecule has 1 heterocycles. The number of H-pyrrole nitrogens is 1. The predicted octanol–water partition coefficient (Wildman–Crippen LogP) is 4.56. The van der Waals surface area contributed by atoms with Crippen molar-refractivity contribution in [3.8, 4) is 5.69 Å². The van der Waals surface area contributed by atoms with E-state index < -0.39 is 0 Å². The van der Waals surface area contributed by atoms with Crippen molar-refractivity contribution in [2.24, 2.45) is 0 Å². The summed E-state index contributed by atoms with van der Waals surface area (Å²) >= 11 is 0. The van der Waals surface area contributed by atoms with E-state index in [1.165, 1.54) is 11.1 Å². The third kappa shape index (κ3) is 4.07. The summed E-state index contributed by atoms with van der Waals surface area (Å²) in [4.78, 5) is 15.8. The highest BCUT2D eigenvalue weighted by molar-refractivity contribution is 5.47. The van der Waals surface area contributed by atoms with E-state index in [0.717, 1.165) is 30.0 Å². The van der Waals surface area contributed by atoms with E-state index in [4.69, 9.17) is 0 Å². The van der Waals surface area contributed by atoms with E-state index in [-0.39, 0.29) is 5.69 Å². The number of anilines is 1. The molecule has 140 valence electrons. The van der Waals surface area contributed by atoms with Crippen LogP contribution in [-0.2, 0) is 19.4 Å². The number of nitrogens with one attached hydrogen (secondary N) is 2. The second-order valence-electron chi connectivity index (χ2n) is 6.75. The number of benzene rings is 3. The molecule has 0 aliphatic carbocycles. The highest BCUT2D eigenvalue weighted by Gasteiger charge is 2.15. The number of hydrogen-bond donors (Lipinski definition) is 2. The van der Waals surface area contributed by atoms with Crippen LogP contribution in [-0.4, -0.2) is 9.55 Å². The zero-order valence-electron chi connectivity index (χ0n) is 15.6. The highest BCUT2D eigenvalue weighted by Crippen LogP contribution is 2.19. The molecule has 4 nitrogen and oxygen atoms in total. The molecule has 0 radical (unpaired) electrons. The summed E-state index contributed by atoms with van der Waals surface area (Å²) in [5.74, 6) is 0.786. The summed E-state index contributed by atoms with van der Waals surface area (Å²) in [6, 6.07) is 30.3. The first kappa shape index (κ1) is 17.9. The molecule has 2 N–H and O–H groups in total. The molecule has 0 fully saturated rings. The van der Waals surface area contributed by atoms with Crippen LogP contribution in [0.15, 0.2) is 95.8 Å². The second kappa shape index (κ2) is 8.44. The Labute approximate surface area is 164 Å². The lowest BCUT2D eigenvalue weighted by molar-refractivity contribution is 0.847. The van der Waals surface area contributed by atoms with Gasteiger partial charge in [0.2, 0.25) is 0 Å². The van der Waals surface area contributed by atoms with Crippen molar-refractivity contribution in [2.45, 2.75) is 19.4 Å². The van der Waals surface area contributed by atoms with Crippen molar-refractivity contribution in [1.29, 1.82) is 0 Å². The molecule has 0 bridgehead atoms. The van der Waals surface area contributed by atoms with Crippen molar-refractivity contribution in [3.05, 3.63) is 118 Å². The van der Waals surface area contributed by atoms with Crippen molar-refractivity contribution in [2.75, 3.05) is 5.32 Å². The Hall–Kier alpha value is -3.53. The topological polar surface area (TPSA) is 49.8 Å². The number of imidazole rings is 1. The first-order valence-corrected chi connectivity index (χ1v) is 9.52. The Kier molecular flexibility index (Phi) is 5.38. The number of hydrogen-bond acceptors (Lipinski definition) is 2. The molecular weight excluding hydrogens is 346 g/mol. The first-order chi connectivity index (χ1) is 13.8. The van der Waals surface area contributed by atoms with E-state index in [1.807, 2.05) is 66.7 Å². The smallest absolute Gasteiger partial charge is 0.331 e. The number of para-hydroxylation sites is 1. The molecule has 0 amide bonds. The van der Waals surface area contributed by atoms with Crippen LogP contribution in [0.1, 0.15) is 16.8 Å². The monoisotopic (exact) mass is 369 g/mol. The maximum Gasteiger partial charge on any atom is 0.331 e. The van der Waals surface area contributed by atoms with Gasteiger partial charge in [-0.25, -0.2) is 4.79 Å². The van der Waals surface area contributed by atoms with Crippen molar-refractivity contribution in [3.63, 3.8) is 0 Å². The molecule has 28 heavy (non-hydrogen) atoms. The second-order valence-corrected chi connectivity index (χ2v) is 6.75. The van der Waals surface area contributed by atoms with Gasteiger partial charge in [-0.15, -0.1) is 0 Å². The molecule has 4 rings (SSSR count). The van der Waals surface area contributed by atoms with Gasteiger partial charge < -0.3 is 5.32 Å². The molecule has 3 aromatic carbocycles. The van der Waals surface area contributed by atoms with Crippen LogP contribution in [0.2, 0.25) is 0 Å². The Balaban J connectivity index is 1.65. The lowest BCUT2D eigenvalue weighted by Gasteiger charge is -2.11. The largest absolute Gasteiger partial charge is 0.366 e. The SMILES string of the molecule is O=c1[nH]c(NCc2ccccc2)c(CCc2ccccc2)n1-c1ccccc1. The van der Waals surface area contributed by atoms with Gasteiger partial charge in [0.15, 0.2) is 0 Å². The summed E-state index contributed by atoms with van der Waals surface area (Å²) in [6.07, 6.45) is 1.62. The van der Waals surface area contributed by atoms with E-state index >= 15 is 0 Å². The highest BCUT2D eigenvalue weighted by atomic mass is 16.1. The molecule has 0 aliphatic heterocycles. The number of aromatic nitrogens is 2. The number of aromatic amines is 1. The molecule has 0 saturated heterocycles. The molecule has 0 spiro atoms. The predicted molar refractivity (Wildman–Crippen MR) is 114 cm³/mol. The van der Waals surface area contributed by atoms with E-state index in [0.29, 0.717) is 6.54 Å². The summed E-state index contributed by atoms with van der Waals surface area (Å²) in [5, 5.41) is 3.42. The third-order valence-corrected chi connectivity index (χ3v) is 4.81. The van der Waals surface area contributed by atoms with Crippen LogP contribution in [0.5, 0.6) is 0 Å². The number of rotatable bonds is 7. The van der Waals surface area contributed by atoms with Gasteiger partial charge in [0.05, 0.1) is 11.4 Å². The summed E-state index contributed by atoms with van der Waals surface area (Å²) in [6.45, 7) is 0.661. The molecule has 0 saturated carbocycles. The average Bonchev–Trinajstić information content (AvgIpc) is 3.08. The van der Waals surface area contributed by atoms with Gasteiger partial charge in [-0.2, -0.15) is 0 Å². The zero-order valence-corrected chi connectivity index (χ0v) is 15.6. The molecular formula is C24H23N3O. The Morgan fingerprint density at radius 2 is 1.29 bits per heavy atom. The van der Waals surface area contributed by atoms with E-state index in [9.17, 15) is 4.79 Å². The van der Waals surface area contributed by atoms with Crippen LogP contribution in [0.3, 0.4) is 0 Å². The quantitative estimate of drug-likeness (QED) is 0.502. The van der Waals surface area contributed by atoms with E-state index in [1.54, 1.807) is 4.57 Å². The average molecular weight is 369 g/mol. The fraction of sp³-hybridized carbons (Fsp3) is 0.125. The van der Waals surface area contributed by atoms with Crippen LogP contribution < -0.4 is 11.0 Å². The number of aryl methyl sites for hydroxylation is 1. The Morgan fingerprint density at radius 3 is 1.93 bits per heavy atom. The fourth-order valence-electron chi connectivity index (χ4n) is 3.40. The lowest BCUT2D eigenvalue weighted by atomic mass is 10.1. The van der Waals surface area contributed by atoms with Gasteiger partial charge in [-0.3, -0.25) is 9.55 Å². The third-order valence-electron chi connectivity index (χ3n) is 4.81. The number of nitrogens with zero attached hydrogens (tertiary/aromatic N) is 1. The first-order valence-electron chi connectivity index (χ1n) is 9.52. The zero-order chi connectivity index (χ0) is 19.2. The van der Waals surface area contributed by atoms with Crippen molar-refractivity contribution in [1.82, 2.24) is 9.55 Å². The van der Waals surface area contributed by atoms with Gasteiger partial charge in [0.1, 0.15) is 5.82 Å². The summed E-state index contributed by atoms with van der Waals surface area (Å²) < 4.78 is 1.77. The lowest BCUT2D eigenvalue weighted by Crippen LogP contribution is -2.17.